The maximum absolute atomic E-state index is 11.6. The molecule has 2 aliphatic rings. The van der Waals surface area contributed by atoms with Crippen molar-refractivity contribution in [3.63, 3.8) is 0 Å². The van der Waals surface area contributed by atoms with Gasteiger partial charge in [0.1, 0.15) is 0 Å². The summed E-state index contributed by atoms with van der Waals surface area (Å²) in [5.41, 5.74) is -0.403. The van der Waals surface area contributed by atoms with Gasteiger partial charge in [0.25, 0.3) is 0 Å². The Bertz CT molecular complexity index is 318. The molecule has 88 valence electrons. The van der Waals surface area contributed by atoms with Crippen LogP contribution in [0.15, 0.2) is 0 Å². The second-order valence-electron chi connectivity index (χ2n) is 4.54. The normalized spacial score (nSPS) is 32.9. The highest BCUT2D eigenvalue weighted by Gasteiger charge is 2.37. The highest BCUT2D eigenvalue weighted by Crippen LogP contribution is 2.27. The summed E-state index contributed by atoms with van der Waals surface area (Å²) in [5.74, 6) is 0. The van der Waals surface area contributed by atoms with Crippen LogP contribution in [0.3, 0.4) is 0 Å². The average molecular weight is 234 g/mol. The monoisotopic (exact) mass is 234 g/mol. The van der Waals surface area contributed by atoms with E-state index in [4.69, 9.17) is 4.74 Å². The molecule has 2 fully saturated rings. The van der Waals surface area contributed by atoms with Crippen LogP contribution in [-0.2, 0) is 14.8 Å². The van der Waals surface area contributed by atoms with Crippen LogP contribution in [0.25, 0.3) is 0 Å². The van der Waals surface area contributed by atoms with Crippen LogP contribution in [-0.4, -0.2) is 45.5 Å². The van der Waals surface area contributed by atoms with Gasteiger partial charge in [0.05, 0.1) is 17.5 Å². The maximum Gasteiger partial charge on any atom is 0.214 e. The molecular formula is C9H18N2O3S. The fourth-order valence-electron chi connectivity index (χ4n) is 1.64. The fraction of sp³-hybridized carbons (Fsp3) is 1.00. The number of ether oxygens (including phenoxy) is 1. The van der Waals surface area contributed by atoms with E-state index in [1.165, 1.54) is 0 Å². The minimum Gasteiger partial charge on any atom is -0.371 e. The summed E-state index contributed by atoms with van der Waals surface area (Å²) in [6.45, 7) is 4.46. The first-order chi connectivity index (χ1) is 7.02. The van der Waals surface area contributed by atoms with Crippen LogP contribution in [0, 0.1) is 0 Å². The molecule has 1 atom stereocenters. The molecular weight excluding hydrogens is 216 g/mol. The predicted molar refractivity (Wildman–Crippen MR) is 57.2 cm³/mol. The van der Waals surface area contributed by atoms with E-state index >= 15 is 0 Å². The zero-order chi connectivity index (χ0) is 10.9. The van der Waals surface area contributed by atoms with E-state index in [-0.39, 0.29) is 5.25 Å². The molecule has 2 N–H and O–H groups in total. The van der Waals surface area contributed by atoms with Gasteiger partial charge in [-0.1, -0.05) is 0 Å². The van der Waals surface area contributed by atoms with Crippen molar-refractivity contribution in [2.24, 2.45) is 0 Å². The molecule has 6 heteroatoms. The van der Waals surface area contributed by atoms with Gasteiger partial charge >= 0.3 is 0 Å². The molecule has 15 heavy (non-hydrogen) atoms. The Hall–Kier alpha value is -0.170. The van der Waals surface area contributed by atoms with E-state index in [1.54, 1.807) is 0 Å². The van der Waals surface area contributed by atoms with Crippen molar-refractivity contribution in [2.45, 2.75) is 30.6 Å². The first-order valence-corrected chi connectivity index (χ1v) is 6.90. The lowest BCUT2D eigenvalue weighted by atomic mass is 10.1. The van der Waals surface area contributed by atoms with Gasteiger partial charge in [0, 0.05) is 19.6 Å². The van der Waals surface area contributed by atoms with Crippen LogP contribution in [0.5, 0.6) is 0 Å². The third kappa shape index (κ3) is 2.90. The molecule has 0 spiro atoms. The van der Waals surface area contributed by atoms with Crippen LogP contribution in [0.2, 0.25) is 0 Å². The number of nitrogens with one attached hydrogen (secondary N) is 2. The van der Waals surface area contributed by atoms with Gasteiger partial charge in [-0.2, -0.15) is 0 Å². The third-order valence-corrected chi connectivity index (χ3v) is 4.73. The summed E-state index contributed by atoms with van der Waals surface area (Å²) < 4.78 is 31.4. The Morgan fingerprint density at radius 2 is 2.27 bits per heavy atom. The molecule has 1 aliphatic carbocycles. The Kier molecular flexibility index (Phi) is 3.03. The molecule has 0 aromatic heterocycles. The van der Waals surface area contributed by atoms with Gasteiger partial charge in [-0.05, 0) is 19.8 Å². The van der Waals surface area contributed by atoms with Crippen LogP contribution >= 0.6 is 0 Å². The second kappa shape index (κ2) is 4.01. The Balaban J connectivity index is 1.86. The maximum atomic E-state index is 11.6. The number of rotatable bonds is 4. The van der Waals surface area contributed by atoms with Crippen LogP contribution in [0.4, 0.5) is 0 Å². The van der Waals surface area contributed by atoms with Gasteiger partial charge in [-0.25, -0.2) is 13.1 Å². The molecule has 0 aromatic carbocycles. The second-order valence-corrected chi connectivity index (χ2v) is 6.59. The lowest BCUT2D eigenvalue weighted by Gasteiger charge is -2.34. The van der Waals surface area contributed by atoms with Gasteiger partial charge in [-0.15, -0.1) is 0 Å². The first-order valence-electron chi connectivity index (χ1n) is 5.35. The highest BCUT2D eigenvalue weighted by molar-refractivity contribution is 7.90. The third-order valence-electron chi connectivity index (χ3n) is 2.84. The van der Waals surface area contributed by atoms with Crippen molar-refractivity contribution in [3.8, 4) is 0 Å². The summed E-state index contributed by atoms with van der Waals surface area (Å²) in [6.07, 6.45) is 1.59. The van der Waals surface area contributed by atoms with E-state index < -0.39 is 15.6 Å². The Morgan fingerprint density at radius 1 is 1.53 bits per heavy atom. The predicted octanol–water partition coefficient (Wildman–Crippen LogP) is -0.553. The van der Waals surface area contributed by atoms with E-state index in [0.717, 1.165) is 19.4 Å². The van der Waals surface area contributed by atoms with Crippen LogP contribution < -0.4 is 10.0 Å². The van der Waals surface area contributed by atoms with Gasteiger partial charge < -0.3 is 10.1 Å². The summed E-state index contributed by atoms with van der Waals surface area (Å²) in [7, 11) is -3.08. The molecule has 1 saturated carbocycles. The number of sulfonamides is 1. The van der Waals surface area contributed by atoms with Gasteiger partial charge in [-0.3, -0.25) is 0 Å². The quantitative estimate of drug-likeness (QED) is 0.685. The minimum atomic E-state index is -3.08. The van der Waals surface area contributed by atoms with Gasteiger partial charge in [0.15, 0.2) is 0 Å². The molecule has 1 heterocycles. The topological polar surface area (TPSA) is 67.4 Å². The van der Waals surface area contributed by atoms with E-state index in [2.05, 4.69) is 10.0 Å². The molecule has 0 amide bonds. The van der Waals surface area contributed by atoms with Crippen molar-refractivity contribution in [2.75, 3.05) is 26.2 Å². The Labute approximate surface area is 90.6 Å². The Morgan fingerprint density at radius 3 is 2.80 bits per heavy atom. The van der Waals surface area contributed by atoms with Crippen molar-refractivity contribution in [1.29, 1.82) is 0 Å². The number of hydrogen-bond donors (Lipinski definition) is 2. The van der Waals surface area contributed by atoms with Crippen molar-refractivity contribution in [3.05, 3.63) is 0 Å². The van der Waals surface area contributed by atoms with Gasteiger partial charge in [0.2, 0.25) is 10.0 Å². The lowest BCUT2D eigenvalue weighted by Crippen LogP contribution is -2.54. The molecule has 1 unspecified atom stereocenters. The van der Waals surface area contributed by atoms with Crippen molar-refractivity contribution < 1.29 is 13.2 Å². The molecule has 2 rings (SSSR count). The minimum absolute atomic E-state index is 0.155. The number of morpholine rings is 1. The summed E-state index contributed by atoms with van der Waals surface area (Å²) in [6, 6.07) is 0. The number of hydrogen-bond acceptors (Lipinski definition) is 4. The van der Waals surface area contributed by atoms with E-state index in [9.17, 15) is 8.42 Å². The van der Waals surface area contributed by atoms with Crippen LogP contribution in [0.1, 0.15) is 19.8 Å². The average Bonchev–Trinajstić information content (AvgIpc) is 3.00. The largest absolute Gasteiger partial charge is 0.371 e. The highest BCUT2D eigenvalue weighted by atomic mass is 32.2. The van der Waals surface area contributed by atoms with Crippen molar-refractivity contribution in [1.82, 2.24) is 10.0 Å². The fourth-order valence-corrected chi connectivity index (χ4v) is 3.14. The zero-order valence-corrected chi connectivity index (χ0v) is 9.77. The molecule has 0 aromatic rings. The summed E-state index contributed by atoms with van der Waals surface area (Å²) in [5, 5.41) is 3.04. The molecule has 1 saturated heterocycles. The van der Waals surface area contributed by atoms with E-state index in [1.807, 2.05) is 6.92 Å². The molecule has 5 nitrogen and oxygen atoms in total. The van der Waals surface area contributed by atoms with E-state index in [0.29, 0.717) is 19.7 Å². The summed E-state index contributed by atoms with van der Waals surface area (Å²) >= 11 is 0. The van der Waals surface area contributed by atoms with Crippen molar-refractivity contribution >= 4 is 10.0 Å². The summed E-state index contributed by atoms with van der Waals surface area (Å²) in [4.78, 5) is 0. The zero-order valence-electron chi connectivity index (χ0n) is 8.95. The molecule has 0 bridgehead atoms. The smallest absolute Gasteiger partial charge is 0.214 e. The standard InChI is InChI=1S/C9H18N2O3S/c1-9(6-10-4-5-14-9)7-11-15(12,13)8-2-3-8/h8,10-11H,2-7H2,1H3. The molecule has 0 radical (unpaired) electrons. The first kappa shape index (κ1) is 11.3. The SMILES string of the molecule is CC1(CNS(=O)(=O)C2CC2)CNCCO1. The molecule has 1 aliphatic heterocycles. The lowest BCUT2D eigenvalue weighted by molar-refractivity contribution is -0.0476.